The van der Waals surface area contributed by atoms with Gasteiger partial charge in [-0.3, -0.25) is 0 Å². The van der Waals surface area contributed by atoms with Crippen molar-refractivity contribution in [1.82, 2.24) is 10.6 Å². The van der Waals surface area contributed by atoms with Crippen molar-refractivity contribution in [3.05, 3.63) is 57.0 Å². The van der Waals surface area contributed by atoms with E-state index in [2.05, 4.69) is 10.6 Å². The SMILES string of the molecule is O=C(NCCc1ccsc1)NC(CO)c1ccc(Cl)c(F)c1. The van der Waals surface area contributed by atoms with E-state index in [9.17, 15) is 14.3 Å². The third kappa shape index (κ3) is 4.69. The number of benzene rings is 1. The lowest BCUT2D eigenvalue weighted by Crippen LogP contribution is -2.40. The molecular weight excluding hydrogens is 327 g/mol. The number of carbonyl (C=O) groups excluding carboxylic acids is 1. The van der Waals surface area contributed by atoms with E-state index in [0.29, 0.717) is 12.1 Å². The molecule has 0 saturated heterocycles. The van der Waals surface area contributed by atoms with Crippen LogP contribution in [0.3, 0.4) is 0 Å². The van der Waals surface area contributed by atoms with Gasteiger partial charge in [0, 0.05) is 6.54 Å². The highest BCUT2D eigenvalue weighted by Crippen LogP contribution is 2.20. The number of hydrogen-bond acceptors (Lipinski definition) is 3. The smallest absolute Gasteiger partial charge is 0.315 e. The van der Waals surface area contributed by atoms with Gasteiger partial charge in [-0.05, 0) is 46.5 Å². The Morgan fingerprint density at radius 2 is 2.23 bits per heavy atom. The molecule has 118 valence electrons. The number of halogens is 2. The highest BCUT2D eigenvalue weighted by Gasteiger charge is 2.15. The molecule has 0 radical (unpaired) electrons. The summed E-state index contributed by atoms with van der Waals surface area (Å²) in [6.07, 6.45) is 0.732. The van der Waals surface area contributed by atoms with Gasteiger partial charge in [-0.25, -0.2) is 9.18 Å². The summed E-state index contributed by atoms with van der Waals surface area (Å²) in [5, 5.41) is 18.7. The van der Waals surface area contributed by atoms with Gasteiger partial charge in [0.1, 0.15) is 5.82 Å². The van der Waals surface area contributed by atoms with Gasteiger partial charge in [0.25, 0.3) is 0 Å². The summed E-state index contributed by atoms with van der Waals surface area (Å²) in [5.41, 5.74) is 1.61. The maximum atomic E-state index is 13.4. The topological polar surface area (TPSA) is 61.4 Å². The van der Waals surface area contributed by atoms with Crippen LogP contribution in [0, 0.1) is 5.82 Å². The monoisotopic (exact) mass is 342 g/mol. The number of carbonyl (C=O) groups is 1. The molecular formula is C15H16ClFN2O2S. The standard InChI is InChI=1S/C15H16ClFN2O2S/c16-12-2-1-11(7-13(12)17)14(8-20)19-15(21)18-5-3-10-4-6-22-9-10/h1-2,4,6-7,9,14,20H,3,5,8H2,(H2,18,19,21). The summed E-state index contributed by atoms with van der Waals surface area (Å²) in [6, 6.07) is 5.06. The quantitative estimate of drug-likeness (QED) is 0.755. The predicted molar refractivity (Wildman–Crippen MR) is 85.8 cm³/mol. The van der Waals surface area contributed by atoms with Gasteiger partial charge in [-0.2, -0.15) is 11.3 Å². The van der Waals surface area contributed by atoms with Crippen molar-refractivity contribution >= 4 is 29.0 Å². The number of urea groups is 1. The van der Waals surface area contributed by atoms with Crippen LogP contribution >= 0.6 is 22.9 Å². The van der Waals surface area contributed by atoms with E-state index in [0.717, 1.165) is 12.0 Å². The van der Waals surface area contributed by atoms with Crippen LogP contribution in [0.5, 0.6) is 0 Å². The highest BCUT2D eigenvalue weighted by atomic mass is 35.5. The van der Waals surface area contributed by atoms with E-state index in [1.165, 1.54) is 12.1 Å². The van der Waals surface area contributed by atoms with Crippen LogP contribution in [-0.4, -0.2) is 24.3 Å². The second-order valence-corrected chi connectivity index (χ2v) is 5.88. The van der Waals surface area contributed by atoms with Crippen LogP contribution in [0.2, 0.25) is 5.02 Å². The molecule has 0 bridgehead atoms. The molecule has 7 heteroatoms. The van der Waals surface area contributed by atoms with Crippen molar-refractivity contribution in [1.29, 1.82) is 0 Å². The number of hydrogen-bond donors (Lipinski definition) is 3. The Kier molecular flexibility index (Phi) is 6.18. The first-order chi connectivity index (χ1) is 10.6. The summed E-state index contributed by atoms with van der Waals surface area (Å²) < 4.78 is 13.4. The Labute approximate surface area is 136 Å². The number of rotatable bonds is 6. The molecule has 0 aliphatic rings. The fourth-order valence-corrected chi connectivity index (χ4v) is 2.75. The molecule has 2 rings (SSSR count). The van der Waals surface area contributed by atoms with Crippen LogP contribution < -0.4 is 10.6 Å². The molecule has 0 aliphatic heterocycles. The zero-order valence-corrected chi connectivity index (χ0v) is 13.3. The minimum Gasteiger partial charge on any atom is -0.394 e. The minimum absolute atomic E-state index is 0.000606. The number of nitrogens with one attached hydrogen (secondary N) is 2. The van der Waals surface area contributed by atoms with Gasteiger partial charge in [0.05, 0.1) is 17.7 Å². The third-order valence-electron chi connectivity index (χ3n) is 3.11. The lowest BCUT2D eigenvalue weighted by atomic mass is 10.1. The molecule has 4 nitrogen and oxygen atoms in total. The molecule has 1 atom stereocenters. The van der Waals surface area contributed by atoms with Gasteiger partial charge in [-0.1, -0.05) is 17.7 Å². The Hall–Kier alpha value is -1.63. The molecule has 0 spiro atoms. The average Bonchev–Trinajstić information content (AvgIpc) is 3.01. The maximum Gasteiger partial charge on any atom is 0.315 e. The lowest BCUT2D eigenvalue weighted by molar-refractivity contribution is 0.217. The Morgan fingerprint density at radius 1 is 1.41 bits per heavy atom. The molecule has 1 unspecified atom stereocenters. The number of aliphatic hydroxyl groups excluding tert-OH is 1. The van der Waals surface area contributed by atoms with Crippen molar-refractivity contribution in [2.24, 2.45) is 0 Å². The van der Waals surface area contributed by atoms with Gasteiger partial charge < -0.3 is 15.7 Å². The average molecular weight is 343 g/mol. The number of thiophene rings is 1. The van der Waals surface area contributed by atoms with Gasteiger partial charge in [-0.15, -0.1) is 0 Å². The van der Waals surface area contributed by atoms with Crippen molar-refractivity contribution < 1.29 is 14.3 Å². The molecule has 1 aromatic carbocycles. The van der Waals surface area contributed by atoms with Crippen LogP contribution in [-0.2, 0) is 6.42 Å². The van der Waals surface area contributed by atoms with Gasteiger partial charge in [0.15, 0.2) is 0 Å². The van der Waals surface area contributed by atoms with Gasteiger partial charge >= 0.3 is 6.03 Å². The molecule has 22 heavy (non-hydrogen) atoms. The summed E-state index contributed by atoms with van der Waals surface area (Å²) in [6.45, 7) is 0.148. The largest absolute Gasteiger partial charge is 0.394 e. The number of amides is 2. The second kappa shape index (κ2) is 8.12. The van der Waals surface area contributed by atoms with Crippen molar-refractivity contribution in [3.8, 4) is 0 Å². The molecule has 1 aromatic heterocycles. The first-order valence-corrected chi connectivity index (χ1v) is 8.03. The van der Waals surface area contributed by atoms with Crippen molar-refractivity contribution in [2.45, 2.75) is 12.5 Å². The lowest BCUT2D eigenvalue weighted by Gasteiger charge is -2.17. The Morgan fingerprint density at radius 3 is 2.86 bits per heavy atom. The molecule has 0 aliphatic carbocycles. The Bertz CT molecular complexity index is 622. The van der Waals surface area contributed by atoms with E-state index in [1.807, 2.05) is 16.8 Å². The summed E-state index contributed by atoms with van der Waals surface area (Å²) in [4.78, 5) is 11.8. The van der Waals surface area contributed by atoms with Crippen molar-refractivity contribution in [3.63, 3.8) is 0 Å². The fourth-order valence-electron chi connectivity index (χ4n) is 1.93. The predicted octanol–water partition coefficient (Wildman–Crippen LogP) is 3.12. The van der Waals surface area contributed by atoms with E-state index < -0.39 is 17.9 Å². The van der Waals surface area contributed by atoms with Crippen LogP contribution in [0.4, 0.5) is 9.18 Å². The first-order valence-electron chi connectivity index (χ1n) is 6.71. The van der Waals surface area contributed by atoms with Crippen molar-refractivity contribution in [2.75, 3.05) is 13.2 Å². The van der Waals surface area contributed by atoms with E-state index in [-0.39, 0.29) is 11.6 Å². The molecule has 3 N–H and O–H groups in total. The zero-order valence-electron chi connectivity index (χ0n) is 11.7. The maximum absolute atomic E-state index is 13.4. The second-order valence-electron chi connectivity index (χ2n) is 4.69. The summed E-state index contributed by atoms with van der Waals surface area (Å²) >= 11 is 7.22. The number of aliphatic hydroxyl groups is 1. The van der Waals surface area contributed by atoms with Crippen LogP contribution in [0.15, 0.2) is 35.0 Å². The third-order valence-corrected chi connectivity index (χ3v) is 4.15. The molecule has 2 aromatic rings. The van der Waals surface area contributed by atoms with E-state index in [4.69, 9.17) is 11.6 Å². The highest BCUT2D eigenvalue weighted by molar-refractivity contribution is 7.07. The molecule has 0 saturated carbocycles. The summed E-state index contributed by atoms with van der Waals surface area (Å²) in [7, 11) is 0. The molecule has 2 amide bonds. The minimum atomic E-state index is -0.687. The normalized spacial score (nSPS) is 12.0. The van der Waals surface area contributed by atoms with E-state index >= 15 is 0 Å². The summed E-state index contributed by atoms with van der Waals surface area (Å²) in [5.74, 6) is -0.586. The Balaban J connectivity index is 1.86. The van der Waals surface area contributed by atoms with Crippen LogP contribution in [0.25, 0.3) is 0 Å². The van der Waals surface area contributed by atoms with Gasteiger partial charge in [0.2, 0.25) is 0 Å². The molecule has 1 heterocycles. The fraction of sp³-hybridized carbons (Fsp3) is 0.267. The molecule has 0 fully saturated rings. The zero-order chi connectivity index (χ0) is 15.9. The van der Waals surface area contributed by atoms with Crippen LogP contribution in [0.1, 0.15) is 17.2 Å². The van der Waals surface area contributed by atoms with E-state index in [1.54, 1.807) is 17.4 Å². The first kappa shape index (κ1) is 16.7.